The molecule has 1 fully saturated rings. The molecule has 1 aliphatic rings. The smallest absolute Gasteiger partial charge is 0.281 e. The Morgan fingerprint density at radius 3 is 2.65 bits per heavy atom. The maximum Gasteiger partial charge on any atom is 0.281 e. The third-order valence-corrected chi connectivity index (χ3v) is 7.52. The maximum absolute atomic E-state index is 12.2. The van der Waals surface area contributed by atoms with Gasteiger partial charge in [0, 0.05) is 56.2 Å². The summed E-state index contributed by atoms with van der Waals surface area (Å²) in [5.41, 5.74) is 1.17. The second-order valence-electron chi connectivity index (χ2n) is 6.44. The van der Waals surface area contributed by atoms with Crippen LogP contribution in [0.3, 0.4) is 0 Å². The van der Waals surface area contributed by atoms with Crippen LogP contribution in [-0.4, -0.2) is 62.4 Å². The molecule has 0 radical (unpaired) electrons. The number of carbonyl (C=O) groups excluding carboxylic acids is 1. The van der Waals surface area contributed by atoms with Crippen molar-refractivity contribution in [2.45, 2.75) is 18.6 Å². The number of hydrogen-bond acceptors (Lipinski definition) is 4. The second-order valence-corrected chi connectivity index (χ2v) is 10.1. The lowest BCUT2D eigenvalue weighted by molar-refractivity contribution is -0.125. The fourth-order valence-electron chi connectivity index (χ4n) is 2.79. The zero-order valence-corrected chi connectivity index (χ0v) is 17.5. The Morgan fingerprint density at radius 2 is 2.04 bits per heavy atom. The van der Waals surface area contributed by atoms with Crippen molar-refractivity contribution in [3.63, 3.8) is 0 Å². The monoisotopic (exact) mass is 419 g/mol. The number of rotatable bonds is 8. The molecular weight excluding hydrogens is 394 g/mol. The molecule has 1 saturated heterocycles. The zero-order chi connectivity index (χ0) is 19.2. The van der Waals surface area contributed by atoms with Crippen LogP contribution in [0.4, 0.5) is 0 Å². The second kappa shape index (κ2) is 9.94. The molecule has 1 aromatic carbocycles. The highest BCUT2D eigenvalue weighted by Gasteiger charge is 2.31. The van der Waals surface area contributed by atoms with Crippen molar-refractivity contribution < 1.29 is 13.2 Å². The van der Waals surface area contributed by atoms with E-state index in [0.717, 1.165) is 16.5 Å². The Labute approximate surface area is 165 Å². The minimum absolute atomic E-state index is 0.0234. The average molecular weight is 420 g/mol. The molecule has 1 aromatic rings. The van der Waals surface area contributed by atoms with Gasteiger partial charge < -0.3 is 5.32 Å². The molecule has 2 rings (SSSR count). The first-order chi connectivity index (χ1) is 12.3. The van der Waals surface area contributed by atoms with E-state index in [4.69, 9.17) is 11.6 Å². The van der Waals surface area contributed by atoms with Gasteiger partial charge >= 0.3 is 0 Å². The summed E-state index contributed by atoms with van der Waals surface area (Å²) in [5.74, 6) is 1.60. The minimum atomic E-state index is -3.38. The summed E-state index contributed by atoms with van der Waals surface area (Å²) in [6.45, 7) is 1.39. The highest BCUT2D eigenvalue weighted by Crippen LogP contribution is 2.21. The van der Waals surface area contributed by atoms with E-state index in [1.54, 1.807) is 11.8 Å². The predicted octanol–water partition coefficient (Wildman–Crippen LogP) is 2.21. The summed E-state index contributed by atoms with van der Waals surface area (Å²) in [5, 5.41) is 3.70. The van der Waals surface area contributed by atoms with Crippen LogP contribution in [-0.2, 0) is 20.8 Å². The molecule has 0 spiro atoms. The Hall–Kier alpha value is -0.800. The Morgan fingerprint density at radius 1 is 1.35 bits per heavy atom. The molecule has 0 atom stereocenters. The molecule has 1 heterocycles. The molecule has 146 valence electrons. The number of nitrogens with one attached hydrogen (secondary N) is 1. The lowest BCUT2D eigenvalue weighted by Crippen LogP contribution is -2.47. The van der Waals surface area contributed by atoms with E-state index in [9.17, 15) is 13.2 Å². The van der Waals surface area contributed by atoms with Gasteiger partial charge in [-0.15, -0.1) is 0 Å². The first-order valence-corrected chi connectivity index (χ1v) is 11.5. The SMILES string of the molecule is CN(C)S(=O)(=O)N1CCC(C(=O)NCCSCc2cccc(Cl)c2)CC1. The van der Waals surface area contributed by atoms with Crippen LogP contribution < -0.4 is 5.32 Å². The van der Waals surface area contributed by atoms with E-state index in [2.05, 4.69) is 5.32 Å². The van der Waals surface area contributed by atoms with E-state index in [-0.39, 0.29) is 11.8 Å². The molecule has 6 nitrogen and oxygen atoms in total. The van der Waals surface area contributed by atoms with Gasteiger partial charge in [0.25, 0.3) is 10.2 Å². The van der Waals surface area contributed by atoms with E-state index in [1.807, 2.05) is 24.3 Å². The summed E-state index contributed by atoms with van der Waals surface area (Å²) in [4.78, 5) is 12.2. The van der Waals surface area contributed by atoms with Crippen LogP contribution in [0.15, 0.2) is 24.3 Å². The van der Waals surface area contributed by atoms with Gasteiger partial charge in [0.1, 0.15) is 0 Å². The van der Waals surface area contributed by atoms with E-state index in [1.165, 1.54) is 28.3 Å². The van der Waals surface area contributed by atoms with Crippen LogP contribution in [0.1, 0.15) is 18.4 Å². The van der Waals surface area contributed by atoms with Gasteiger partial charge in [0.05, 0.1) is 0 Å². The van der Waals surface area contributed by atoms with Gasteiger partial charge in [0.15, 0.2) is 0 Å². The Kier molecular flexibility index (Phi) is 8.22. The number of amides is 1. The molecule has 1 amide bonds. The van der Waals surface area contributed by atoms with Gasteiger partial charge in [-0.1, -0.05) is 23.7 Å². The van der Waals surface area contributed by atoms with Crippen molar-refractivity contribution in [1.82, 2.24) is 13.9 Å². The van der Waals surface area contributed by atoms with Crippen molar-refractivity contribution in [2.75, 3.05) is 39.5 Å². The predicted molar refractivity (Wildman–Crippen MR) is 108 cm³/mol. The number of halogens is 1. The molecule has 0 bridgehead atoms. The minimum Gasteiger partial charge on any atom is -0.355 e. The fourth-order valence-corrected chi connectivity index (χ4v) is 4.94. The standard InChI is InChI=1S/C17H26ClN3O3S2/c1-20(2)26(23,24)21-9-6-15(7-10-21)17(22)19-8-11-25-13-14-4-3-5-16(18)12-14/h3-5,12,15H,6-11,13H2,1-2H3,(H,19,22). The van der Waals surface area contributed by atoms with Crippen molar-refractivity contribution in [3.05, 3.63) is 34.9 Å². The summed E-state index contributed by atoms with van der Waals surface area (Å²) in [6, 6.07) is 7.77. The van der Waals surface area contributed by atoms with Crippen LogP contribution >= 0.6 is 23.4 Å². The average Bonchev–Trinajstić information content (AvgIpc) is 2.61. The largest absolute Gasteiger partial charge is 0.355 e. The molecule has 0 aromatic heterocycles. The topological polar surface area (TPSA) is 69.7 Å². The summed E-state index contributed by atoms with van der Waals surface area (Å²) in [7, 11) is -0.335. The lowest BCUT2D eigenvalue weighted by atomic mass is 9.97. The first kappa shape index (κ1) is 21.5. The Bertz CT molecular complexity index is 705. The molecule has 1 aliphatic heterocycles. The van der Waals surface area contributed by atoms with Crippen LogP contribution in [0.25, 0.3) is 0 Å². The zero-order valence-electron chi connectivity index (χ0n) is 15.2. The lowest BCUT2D eigenvalue weighted by Gasteiger charge is -2.32. The highest BCUT2D eigenvalue weighted by atomic mass is 35.5. The van der Waals surface area contributed by atoms with Crippen molar-refractivity contribution in [1.29, 1.82) is 0 Å². The number of hydrogen-bond donors (Lipinski definition) is 1. The third kappa shape index (κ3) is 6.13. The van der Waals surface area contributed by atoms with Crippen molar-refractivity contribution in [2.24, 2.45) is 5.92 Å². The number of carbonyl (C=O) groups is 1. The van der Waals surface area contributed by atoms with Gasteiger partial charge in [-0.2, -0.15) is 28.8 Å². The van der Waals surface area contributed by atoms with E-state index in [0.29, 0.717) is 32.5 Å². The summed E-state index contributed by atoms with van der Waals surface area (Å²) >= 11 is 7.70. The molecule has 9 heteroatoms. The number of nitrogens with zero attached hydrogens (tertiary/aromatic N) is 2. The summed E-state index contributed by atoms with van der Waals surface area (Å²) < 4.78 is 26.8. The summed E-state index contributed by atoms with van der Waals surface area (Å²) in [6.07, 6.45) is 1.13. The maximum atomic E-state index is 12.2. The molecule has 1 N–H and O–H groups in total. The number of benzene rings is 1. The van der Waals surface area contributed by atoms with E-state index >= 15 is 0 Å². The first-order valence-electron chi connectivity index (χ1n) is 8.58. The molecule has 0 saturated carbocycles. The Balaban J connectivity index is 1.65. The van der Waals surface area contributed by atoms with Gasteiger partial charge in [0.2, 0.25) is 5.91 Å². The van der Waals surface area contributed by atoms with Gasteiger partial charge in [-0.3, -0.25) is 4.79 Å². The number of thioether (sulfide) groups is 1. The normalized spacial score (nSPS) is 16.8. The van der Waals surface area contributed by atoms with Gasteiger partial charge in [-0.05, 0) is 30.5 Å². The molecule has 26 heavy (non-hydrogen) atoms. The highest BCUT2D eigenvalue weighted by molar-refractivity contribution is 7.98. The van der Waals surface area contributed by atoms with Crippen LogP contribution in [0, 0.1) is 5.92 Å². The molecule has 0 aliphatic carbocycles. The number of piperidine rings is 1. The molecule has 0 unspecified atom stereocenters. The van der Waals surface area contributed by atoms with Crippen molar-refractivity contribution in [3.8, 4) is 0 Å². The molecular formula is C17H26ClN3O3S2. The van der Waals surface area contributed by atoms with Gasteiger partial charge in [-0.25, -0.2) is 0 Å². The van der Waals surface area contributed by atoms with Crippen LogP contribution in [0.2, 0.25) is 5.02 Å². The fraction of sp³-hybridized carbons (Fsp3) is 0.588. The van der Waals surface area contributed by atoms with Crippen LogP contribution in [0.5, 0.6) is 0 Å². The van der Waals surface area contributed by atoms with Crippen molar-refractivity contribution >= 4 is 39.5 Å². The third-order valence-electron chi connectivity index (χ3n) is 4.32. The quantitative estimate of drug-likeness (QED) is 0.656. The van der Waals surface area contributed by atoms with E-state index < -0.39 is 10.2 Å².